The van der Waals surface area contributed by atoms with Gasteiger partial charge in [0.25, 0.3) is 11.5 Å². The number of nitrogens with one attached hydrogen (secondary N) is 4. The number of carboxylic acids is 1. The van der Waals surface area contributed by atoms with Gasteiger partial charge >= 0.3 is 5.97 Å². The van der Waals surface area contributed by atoms with Crippen molar-refractivity contribution in [2.75, 3.05) is 36.5 Å². The van der Waals surface area contributed by atoms with Gasteiger partial charge in [0, 0.05) is 18.0 Å². The SMILES string of the molecule is CN1CCCC1CCNC(=O)C1(c2c(N)c3ccccc3[nH]c2=O)Nc2ccc(C(=O)O)cc2N1. The second-order valence-corrected chi connectivity index (χ2v) is 9.18. The zero-order chi connectivity index (χ0) is 24.7. The molecule has 0 spiro atoms. The molecule has 0 saturated carbocycles. The van der Waals surface area contributed by atoms with E-state index in [0.29, 0.717) is 34.9 Å². The molecule has 1 aromatic heterocycles. The topological polar surface area (TPSA) is 153 Å². The monoisotopic (exact) mass is 476 g/mol. The van der Waals surface area contributed by atoms with Crippen molar-refractivity contribution < 1.29 is 14.7 Å². The fourth-order valence-corrected chi connectivity index (χ4v) is 5.15. The predicted octanol–water partition coefficient (Wildman–Crippen LogP) is 2.10. The maximum absolute atomic E-state index is 13.8. The van der Waals surface area contributed by atoms with Crippen LogP contribution in [0.15, 0.2) is 47.3 Å². The Hall–Kier alpha value is -4.05. The standard InChI is InChI=1S/C25H28N6O4/c1-31-12-4-5-15(31)10-11-27-24(35)25(29-18-9-8-14(23(33)34)13-19(18)30-25)20-21(26)16-6-2-3-7-17(16)28-22(20)32/h2-3,6-9,13,15,29-30H,4-5,10-12H2,1H3,(H,27,35)(H,33,34)(H3,26,28,32). The van der Waals surface area contributed by atoms with Crippen molar-refractivity contribution in [2.24, 2.45) is 0 Å². The number of carbonyl (C=O) groups excluding carboxylic acids is 1. The Labute approximate surface area is 201 Å². The van der Waals surface area contributed by atoms with E-state index >= 15 is 0 Å². The second kappa shape index (κ2) is 8.62. The molecule has 7 N–H and O–H groups in total. The number of nitrogens with zero attached hydrogens (tertiary/aromatic N) is 1. The zero-order valence-corrected chi connectivity index (χ0v) is 19.4. The molecule has 1 saturated heterocycles. The summed E-state index contributed by atoms with van der Waals surface area (Å²) in [4.78, 5) is 43.7. The Morgan fingerprint density at radius 2 is 1.97 bits per heavy atom. The quantitative estimate of drug-likeness (QED) is 0.316. The van der Waals surface area contributed by atoms with Crippen LogP contribution in [0, 0.1) is 0 Å². The molecule has 182 valence electrons. The van der Waals surface area contributed by atoms with Gasteiger partial charge in [-0.25, -0.2) is 4.79 Å². The lowest BCUT2D eigenvalue weighted by Crippen LogP contribution is -2.56. The fraction of sp³-hybridized carbons (Fsp3) is 0.320. The first-order chi connectivity index (χ1) is 16.8. The number of aromatic nitrogens is 1. The molecule has 0 bridgehead atoms. The predicted molar refractivity (Wildman–Crippen MR) is 135 cm³/mol. The van der Waals surface area contributed by atoms with Gasteiger partial charge in [-0.1, -0.05) is 18.2 Å². The van der Waals surface area contributed by atoms with E-state index in [1.165, 1.54) is 12.1 Å². The molecule has 2 atom stereocenters. The molecule has 0 aliphatic carbocycles. The highest BCUT2D eigenvalue weighted by molar-refractivity contribution is 6.03. The molecule has 10 heteroatoms. The van der Waals surface area contributed by atoms with Crippen LogP contribution in [0.25, 0.3) is 10.9 Å². The number of nitrogen functional groups attached to an aromatic ring is 1. The first-order valence-corrected chi connectivity index (χ1v) is 11.6. The highest BCUT2D eigenvalue weighted by Crippen LogP contribution is 2.42. The first kappa shape index (κ1) is 22.7. The number of carbonyl (C=O) groups is 2. The van der Waals surface area contributed by atoms with Crippen molar-refractivity contribution in [2.45, 2.75) is 31.0 Å². The third kappa shape index (κ3) is 3.85. The summed E-state index contributed by atoms with van der Waals surface area (Å²) in [5.41, 5.74) is 5.96. The van der Waals surface area contributed by atoms with E-state index < -0.39 is 23.1 Å². The van der Waals surface area contributed by atoms with E-state index in [9.17, 15) is 19.5 Å². The molecule has 2 aliphatic heterocycles. The number of rotatable bonds is 6. The average molecular weight is 477 g/mol. The molecular formula is C25H28N6O4. The van der Waals surface area contributed by atoms with E-state index in [2.05, 4.69) is 32.9 Å². The average Bonchev–Trinajstić information content (AvgIpc) is 3.42. The smallest absolute Gasteiger partial charge is 0.335 e. The van der Waals surface area contributed by atoms with Crippen LogP contribution in [-0.2, 0) is 10.5 Å². The number of anilines is 3. The molecule has 3 heterocycles. The van der Waals surface area contributed by atoms with E-state index in [1.54, 1.807) is 30.3 Å². The summed E-state index contributed by atoms with van der Waals surface area (Å²) in [7, 11) is 2.08. The Bertz CT molecular complexity index is 1390. The number of carboxylic acid groups (broad SMARTS) is 1. The van der Waals surface area contributed by atoms with Gasteiger partial charge in [-0.3, -0.25) is 9.59 Å². The molecule has 3 aromatic rings. The van der Waals surface area contributed by atoms with Gasteiger partial charge in [0.15, 0.2) is 0 Å². The number of nitrogens with two attached hydrogens (primary N) is 1. The lowest BCUT2D eigenvalue weighted by Gasteiger charge is -2.31. The summed E-state index contributed by atoms with van der Waals surface area (Å²) in [6.45, 7) is 1.46. The minimum atomic E-state index is -1.72. The first-order valence-electron chi connectivity index (χ1n) is 11.6. The Balaban J connectivity index is 1.55. The number of aromatic amines is 1. The molecule has 0 radical (unpaired) electrons. The Kier molecular flexibility index (Phi) is 5.60. The summed E-state index contributed by atoms with van der Waals surface area (Å²) in [5.74, 6) is -1.57. The van der Waals surface area contributed by atoms with E-state index in [4.69, 9.17) is 5.73 Å². The summed E-state index contributed by atoms with van der Waals surface area (Å²) >= 11 is 0. The number of hydrogen-bond donors (Lipinski definition) is 6. The maximum Gasteiger partial charge on any atom is 0.335 e. The van der Waals surface area contributed by atoms with Crippen LogP contribution in [0.3, 0.4) is 0 Å². The number of hydrogen-bond acceptors (Lipinski definition) is 7. The minimum Gasteiger partial charge on any atom is -0.478 e. The summed E-state index contributed by atoms with van der Waals surface area (Å²) < 4.78 is 0. The van der Waals surface area contributed by atoms with Crippen LogP contribution in [0.5, 0.6) is 0 Å². The van der Waals surface area contributed by atoms with Crippen LogP contribution in [0.2, 0.25) is 0 Å². The van der Waals surface area contributed by atoms with Crippen LogP contribution >= 0.6 is 0 Å². The number of pyridine rings is 1. The van der Waals surface area contributed by atoms with Gasteiger partial charge in [-0.15, -0.1) is 0 Å². The van der Waals surface area contributed by atoms with E-state index in [0.717, 1.165) is 25.8 Å². The number of benzene rings is 2. The zero-order valence-electron chi connectivity index (χ0n) is 19.4. The Morgan fingerprint density at radius 1 is 1.20 bits per heavy atom. The van der Waals surface area contributed by atoms with Gasteiger partial charge in [0.2, 0.25) is 5.66 Å². The number of fused-ring (bicyclic) bond motifs is 2. The van der Waals surface area contributed by atoms with Crippen molar-refractivity contribution in [1.82, 2.24) is 15.2 Å². The van der Waals surface area contributed by atoms with Crippen LogP contribution in [0.4, 0.5) is 17.1 Å². The van der Waals surface area contributed by atoms with Gasteiger partial charge in [0.1, 0.15) is 0 Å². The van der Waals surface area contributed by atoms with Crippen molar-refractivity contribution in [3.05, 3.63) is 63.9 Å². The van der Waals surface area contributed by atoms with Crippen molar-refractivity contribution in [3.8, 4) is 0 Å². The number of para-hydroxylation sites is 1. The highest BCUT2D eigenvalue weighted by atomic mass is 16.4. The molecule has 2 aliphatic rings. The molecule has 1 amide bonds. The van der Waals surface area contributed by atoms with Crippen molar-refractivity contribution >= 4 is 39.8 Å². The molecule has 2 aromatic carbocycles. The van der Waals surface area contributed by atoms with Crippen molar-refractivity contribution in [1.29, 1.82) is 0 Å². The minimum absolute atomic E-state index is 0.0276. The fourth-order valence-electron chi connectivity index (χ4n) is 5.15. The lowest BCUT2D eigenvalue weighted by atomic mass is 9.96. The van der Waals surface area contributed by atoms with Crippen LogP contribution in [0.1, 0.15) is 35.2 Å². The number of aromatic carboxylic acids is 1. The maximum atomic E-state index is 13.8. The van der Waals surface area contributed by atoms with Gasteiger partial charge in [0.05, 0.1) is 33.7 Å². The summed E-state index contributed by atoms with van der Waals surface area (Å²) in [5, 5.41) is 19.2. The van der Waals surface area contributed by atoms with Gasteiger partial charge < -0.3 is 36.7 Å². The normalized spacial score (nSPS) is 21.3. The number of likely N-dealkylation sites (tertiary alicyclic amines) is 1. The third-order valence-electron chi connectivity index (χ3n) is 7.02. The van der Waals surface area contributed by atoms with Crippen LogP contribution in [-0.4, -0.2) is 53.0 Å². The second-order valence-electron chi connectivity index (χ2n) is 9.18. The molecule has 2 unspecified atom stereocenters. The Morgan fingerprint density at radius 3 is 2.71 bits per heavy atom. The van der Waals surface area contributed by atoms with Gasteiger partial charge in [-0.2, -0.15) is 0 Å². The van der Waals surface area contributed by atoms with E-state index in [1.807, 2.05) is 0 Å². The molecule has 5 rings (SSSR count). The molecule has 35 heavy (non-hydrogen) atoms. The summed E-state index contributed by atoms with van der Waals surface area (Å²) in [6, 6.07) is 11.9. The van der Waals surface area contributed by atoms with Gasteiger partial charge in [-0.05, 0) is 57.1 Å². The molecule has 10 nitrogen and oxygen atoms in total. The highest BCUT2D eigenvalue weighted by Gasteiger charge is 2.49. The largest absolute Gasteiger partial charge is 0.478 e. The summed E-state index contributed by atoms with van der Waals surface area (Å²) in [6.07, 6.45) is 2.99. The number of H-pyrrole nitrogens is 1. The lowest BCUT2D eigenvalue weighted by molar-refractivity contribution is -0.124. The van der Waals surface area contributed by atoms with E-state index in [-0.39, 0.29) is 16.8 Å². The van der Waals surface area contributed by atoms with Crippen molar-refractivity contribution in [3.63, 3.8) is 0 Å². The molecular weight excluding hydrogens is 448 g/mol. The third-order valence-corrected chi connectivity index (χ3v) is 7.02. The molecule has 1 fully saturated rings. The number of amides is 1. The van der Waals surface area contributed by atoms with Crippen LogP contribution < -0.4 is 27.2 Å².